The molecule has 1 aromatic rings. The lowest BCUT2D eigenvalue weighted by atomic mass is 10.2. The molecule has 0 saturated carbocycles. The highest BCUT2D eigenvalue weighted by atomic mass is 16.7. The maximum atomic E-state index is 11.8. The van der Waals surface area contributed by atoms with Crippen molar-refractivity contribution in [2.24, 2.45) is 0 Å². The van der Waals surface area contributed by atoms with E-state index in [9.17, 15) is 4.79 Å². The lowest BCUT2D eigenvalue weighted by Crippen LogP contribution is -2.37. The molecular weight excluding hydrogens is 232 g/mol. The monoisotopic (exact) mass is 250 g/mol. The molecule has 5 heteroatoms. The zero-order chi connectivity index (χ0) is 13.1. The first-order valence-corrected chi connectivity index (χ1v) is 5.97. The molecule has 5 nitrogen and oxygen atoms in total. The van der Waals surface area contributed by atoms with Crippen molar-refractivity contribution in [2.45, 2.75) is 19.9 Å². The Kier molecular flexibility index (Phi) is 3.60. The fourth-order valence-corrected chi connectivity index (χ4v) is 1.60. The van der Waals surface area contributed by atoms with Gasteiger partial charge in [0.2, 0.25) is 12.7 Å². The third-order valence-electron chi connectivity index (χ3n) is 2.98. The minimum absolute atomic E-state index is 0.0580. The molecule has 1 N–H and O–H groups in total. The lowest BCUT2D eigenvalue weighted by Gasteiger charge is -2.21. The summed E-state index contributed by atoms with van der Waals surface area (Å²) in [5.41, 5.74) is 0.852. The highest BCUT2D eigenvalue weighted by Gasteiger charge is 2.14. The zero-order valence-electron chi connectivity index (χ0n) is 10.9. The summed E-state index contributed by atoms with van der Waals surface area (Å²) in [7, 11) is 1.80. The molecular formula is C13H18N2O3. The van der Waals surface area contributed by atoms with Gasteiger partial charge in [-0.15, -0.1) is 0 Å². The van der Waals surface area contributed by atoms with Gasteiger partial charge in [-0.05, 0) is 26.0 Å². The molecule has 0 saturated heterocycles. The van der Waals surface area contributed by atoms with Crippen LogP contribution >= 0.6 is 0 Å². The number of benzene rings is 1. The van der Waals surface area contributed by atoms with Gasteiger partial charge in [-0.25, -0.2) is 0 Å². The Morgan fingerprint density at radius 3 is 2.83 bits per heavy atom. The van der Waals surface area contributed by atoms with Crippen molar-refractivity contribution in [2.75, 3.05) is 25.7 Å². The molecule has 0 aliphatic carbocycles. The van der Waals surface area contributed by atoms with Crippen LogP contribution in [0.2, 0.25) is 0 Å². The summed E-state index contributed by atoms with van der Waals surface area (Å²) in [6, 6.07) is 5.75. The summed E-state index contributed by atoms with van der Waals surface area (Å²) in [4.78, 5) is 13.5. The zero-order valence-corrected chi connectivity index (χ0v) is 10.9. The summed E-state index contributed by atoms with van der Waals surface area (Å²) in [6.45, 7) is 4.50. The van der Waals surface area contributed by atoms with Crippen LogP contribution in [0, 0.1) is 0 Å². The van der Waals surface area contributed by atoms with Crippen LogP contribution < -0.4 is 14.8 Å². The average Bonchev–Trinajstić information content (AvgIpc) is 2.82. The number of hydrogen-bond acceptors (Lipinski definition) is 4. The van der Waals surface area contributed by atoms with Gasteiger partial charge in [-0.2, -0.15) is 0 Å². The normalized spacial score (nSPS) is 12.7. The van der Waals surface area contributed by atoms with E-state index in [0.717, 1.165) is 11.4 Å². The number of amides is 1. The topological polar surface area (TPSA) is 50.8 Å². The maximum absolute atomic E-state index is 11.8. The Balaban J connectivity index is 1.93. The largest absolute Gasteiger partial charge is 0.454 e. The molecule has 0 atom stereocenters. The Morgan fingerprint density at radius 1 is 1.39 bits per heavy atom. The smallest absolute Gasteiger partial charge is 0.241 e. The van der Waals surface area contributed by atoms with Crippen molar-refractivity contribution in [3.8, 4) is 11.5 Å². The van der Waals surface area contributed by atoms with E-state index >= 15 is 0 Å². The molecule has 0 fully saturated rings. The van der Waals surface area contributed by atoms with Gasteiger partial charge in [0.15, 0.2) is 11.5 Å². The van der Waals surface area contributed by atoms with Crippen LogP contribution in [0.25, 0.3) is 0 Å². The number of ether oxygens (including phenoxy) is 2. The van der Waals surface area contributed by atoms with Gasteiger partial charge >= 0.3 is 0 Å². The van der Waals surface area contributed by atoms with Gasteiger partial charge < -0.3 is 19.7 Å². The molecule has 1 heterocycles. The third kappa shape index (κ3) is 2.67. The predicted molar refractivity (Wildman–Crippen MR) is 69.0 cm³/mol. The fraction of sp³-hybridized carbons (Fsp3) is 0.462. The highest BCUT2D eigenvalue weighted by Crippen LogP contribution is 2.34. The Morgan fingerprint density at radius 2 is 2.11 bits per heavy atom. The molecule has 1 aromatic carbocycles. The quantitative estimate of drug-likeness (QED) is 0.883. The molecule has 0 spiro atoms. The first-order chi connectivity index (χ1) is 8.58. The first kappa shape index (κ1) is 12.5. The number of anilines is 1. The van der Waals surface area contributed by atoms with Gasteiger partial charge in [0.25, 0.3) is 0 Å². The second kappa shape index (κ2) is 5.16. The molecule has 0 unspecified atom stereocenters. The molecule has 2 rings (SSSR count). The van der Waals surface area contributed by atoms with Crippen LogP contribution in [0.4, 0.5) is 5.69 Å². The van der Waals surface area contributed by atoms with Crippen molar-refractivity contribution in [3.63, 3.8) is 0 Å². The van der Waals surface area contributed by atoms with Crippen molar-refractivity contribution < 1.29 is 14.3 Å². The summed E-state index contributed by atoms with van der Waals surface area (Å²) >= 11 is 0. The number of fused-ring (bicyclic) bond motifs is 1. The molecule has 0 bridgehead atoms. The second-order valence-corrected chi connectivity index (χ2v) is 4.52. The van der Waals surface area contributed by atoms with Gasteiger partial charge in [0.1, 0.15) is 0 Å². The van der Waals surface area contributed by atoms with Crippen molar-refractivity contribution >= 4 is 11.6 Å². The van der Waals surface area contributed by atoms with Crippen molar-refractivity contribution in [3.05, 3.63) is 18.2 Å². The number of nitrogens with one attached hydrogen (secondary N) is 1. The molecule has 98 valence electrons. The van der Waals surface area contributed by atoms with Crippen LogP contribution in [0.5, 0.6) is 11.5 Å². The van der Waals surface area contributed by atoms with E-state index < -0.39 is 0 Å². The number of hydrogen-bond donors (Lipinski definition) is 1. The first-order valence-electron chi connectivity index (χ1n) is 5.97. The number of nitrogens with zero attached hydrogens (tertiary/aromatic N) is 1. The van der Waals surface area contributed by atoms with E-state index in [1.54, 1.807) is 11.9 Å². The van der Waals surface area contributed by atoms with Gasteiger partial charge in [-0.3, -0.25) is 4.79 Å². The highest BCUT2D eigenvalue weighted by molar-refractivity contribution is 5.81. The number of carbonyl (C=O) groups excluding carboxylic acids is 1. The van der Waals surface area contributed by atoms with Crippen LogP contribution in [-0.2, 0) is 4.79 Å². The summed E-state index contributed by atoms with van der Waals surface area (Å²) in [6.07, 6.45) is 0. The van der Waals surface area contributed by atoms with E-state index in [-0.39, 0.29) is 25.3 Å². The van der Waals surface area contributed by atoms with Gasteiger partial charge in [0, 0.05) is 24.8 Å². The van der Waals surface area contributed by atoms with Crippen molar-refractivity contribution in [1.82, 2.24) is 4.90 Å². The Hall–Kier alpha value is -1.91. The van der Waals surface area contributed by atoms with E-state index in [1.807, 2.05) is 32.0 Å². The van der Waals surface area contributed by atoms with E-state index in [4.69, 9.17) is 9.47 Å². The van der Waals surface area contributed by atoms with Crippen LogP contribution in [0.15, 0.2) is 18.2 Å². The van der Waals surface area contributed by atoms with Gasteiger partial charge in [0.05, 0.1) is 6.54 Å². The predicted octanol–water partition coefficient (Wildman–Crippen LogP) is 1.69. The summed E-state index contributed by atoms with van der Waals surface area (Å²) in [5.74, 6) is 1.51. The minimum atomic E-state index is 0.0580. The van der Waals surface area contributed by atoms with Crippen molar-refractivity contribution in [1.29, 1.82) is 0 Å². The number of likely N-dealkylation sites (N-methyl/N-ethyl adjacent to an activating group) is 1. The second-order valence-electron chi connectivity index (χ2n) is 4.52. The standard InChI is InChI=1S/C13H18N2O3/c1-9(2)15(3)13(16)7-14-10-4-5-11-12(6-10)18-8-17-11/h4-6,9,14H,7-8H2,1-3H3. The van der Waals surface area contributed by atoms with E-state index in [2.05, 4.69) is 5.32 Å². The molecule has 0 radical (unpaired) electrons. The SMILES string of the molecule is CC(C)N(C)C(=O)CNc1ccc2c(c1)OCO2. The molecule has 1 aliphatic heterocycles. The van der Waals surface area contributed by atoms with E-state index in [1.165, 1.54) is 0 Å². The maximum Gasteiger partial charge on any atom is 0.241 e. The Bertz CT molecular complexity index is 446. The van der Waals surface area contributed by atoms with Crippen LogP contribution in [0.1, 0.15) is 13.8 Å². The fourth-order valence-electron chi connectivity index (χ4n) is 1.60. The summed E-state index contributed by atoms with van der Waals surface area (Å²) in [5, 5.41) is 3.08. The molecule has 1 aliphatic rings. The van der Waals surface area contributed by atoms with Crippen LogP contribution in [-0.4, -0.2) is 37.2 Å². The Labute approximate surface area is 107 Å². The minimum Gasteiger partial charge on any atom is -0.454 e. The number of carbonyl (C=O) groups is 1. The molecule has 1 amide bonds. The molecule has 0 aromatic heterocycles. The average molecular weight is 250 g/mol. The van der Waals surface area contributed by atoms with Crippen LogP contribution in [0.3, 0.4) is 0 Å². The third-order valence-corrected chi connectivity index (χ3v) is 2.98. The van der Waals surface area contributed by atoms with Gasteiger partial charge in [-0.1, -0.05) is 0 Å². The van der Waals surface area contributed by atoms with E-state index in [0.29, 0.717) is 5.75 Å². The summed E-state index contributed by atoms with van der Waals surface area (Å²) < 4.78 is 10.5. The molecule has 18 heavy (non-hydrogen) atoms. The lowest BCUT2D eigenvalue weighted by molar-refractivity contribution is -0.129. The number of rotatable bonds is 4.